The molecule has 1 aliphatic carbocycles. The molecule has 1 aliphatic rings. The average molecular weight is 420 g/mol. The Morgan fingerprint density at radius 2 is 1.84 bits per heavy atom. The predicted molar refractivity (Wildman–Crippen MR) is 127 cm³/mol. The molecule has 4 N–H and O–H groups in total. The van der Waals surface area contributed by atoms with Crippen LogP contribution in [0, 0.1) is 5.92 Å². The Morgan fingerprint density at radius 3 is 2.65 bits per heavy atom. The number of aliphatic hydroxyl groups is 2. The highest BCUT2D eigenvalue weighted by atomic mass is 16.3. The van der Waals surface area contributed by atoms with Crippen LogP contribution in [-0.2, 0) is 6.42 Å². The largest absolute Gasteiger partial charge is 0.390 e. The Hall–Kier alpha value is -2.60. The third-order valence-corrected chi connectivity index (χ3v) is 6.39. The molecule has 4 atom stereocenters. The number of benzene rings is 2. The Bertz CT molecular complexity index is 998. The maximum absolute atomic E-state index is 10.7. The van der Waals surface area contributed by atoms with E-state index in [1.165, 1.54) is 5.56 Å². The van der Waals surface area contributed by atoms with Gasteiger partial charge in [-0.1, -0.05) is 48.6 Å². The third kappa shape index (κ3) is 4.85. The fourth-order valence-corrected chi connectivity index (χ4v) is 4.66. The second-order valence-corrected chi connectivity index (χ2v) is 8.36. The second-order valence-electron chi connectivity index (χ2n) is 8.36. The quantitative estimate of drug-likeness (QED) is 0.315. The summed E-state index contributed by atoms with van der Waals surface area (Å²) >= 11 is 0. The molecule has 31 heavy (non-hydrogen) atoms. The van der Waals surface area contributed by atoms with Crippen LogP contribution in [0.1, 0.15) is 24.4 Å². The minimum atomic E-state index is -0.771. The fraction of sp³-hybridized carbons (Fsp3) is 0.385. The van der Waals surface area contributed by atoms with Crippen LogP contribution in [0.5, 0.6) is 0 Å². The van der Waals surface area contributed by atoms with Gasteiger partial charge >= 0.3 is 0 Å². The molecule has 5 nitrogen and oxygen atoms in total. The number of hydrogen-bond donors (Lipinski definition) is 4. The van der Waals surface area contributed by atoms with E-state index in [-0.39, 0.29) is 12.0 Å². The first-order valence-corrected chi connectivity index (χ1v) is 11.2. The number of aliphatic hydroxyl groups excluding tert-OH is 2. The number of hydrogen-bond acceptors (Lipinski definition) is 4. The van der Waals surface area contributed by atoms with Crippen molar-refractivity contribution < 1.29 is 10.2 Å². The van der Waals surface area contributed by atoms with Crippen molar-refractivity contribution in [1.29, 1.82) is 0 Å². The summed E-state index contributed by atoms with van der Waals surface area (Å²) < 4.78 is 2.11. The van der Waals surface area contributed by atoms with Gasteiger partial charge in [0.2, 0.25) is 0 Å². The molecule has 2 aromatic carbocycles. The number of anilines is 1. The summed E-state index contributed by atoms with van der Waals surface area (Å²) in [6, 6.07) is 18.6. The highest BCUT2D eigenvalue weighted by Crippen LogP contribution is 2.39. The van der Waals surface area contributed by atoms with E-state index in [4.69, 9.17) is 0 Å². The first kappa shape index (κ1) is 21.6. The summed E-state index contributed by atoms with van der Waals surface area (Å²) in [6.07, 6.45) is 7.40. The first-order valence-electron chi connectivity index (χ1n) is 11.2. The van der Waals surface area contributed by atoms with Crippen LogP contribution in [0.25, 0.3) is 10.9 Å². The van der Waals surface area contributed by atoms with Crippen molar-refractivity contribution in [3.8, 4) is 0 Å². The molecule has 164 valence electrons. The summed E-state index contributed by atoms with van der Waals surface area (Å²) in [5, 5.41) is 29.2. The first-order chi connectivity index (χ1) is 15.2. The zero-order valence-electron chi connectivity index (χ0n) is 18.1. The van der Waals surface area contributed by atoms with Crippen molar-refractivity contribution >= 4 is 16.6 Å². The number of nitrogens with zero attached hydrogens (tertiary/aromatic N) is 1. The van der Waals surface area contributed by atoms with Crippen molar-refractivity contribution in [2.24, 2.45) is 5.92 Å². The van der Waals surface area contributed by atoms with E-state index >= 15 is 0 Å². The van der Waals surface area contributed by atoms with Crippen LogP contribution < -0.4 is 10.6 Å². The smallest absolute Gasteiger partial charge is 0.101 e. The van der Waals surface area contributed by atoms with E-state index in [1.54, 1.807) is 0 Å². The van der Waals surface area contributed by atoms with E-state index in [0.717, 1.165) is 48.9 Å². The zero-order valence-corrected chi connectivity index (χ0v) is 18.1. The lowest BCUT2D eigenvalue weighted by Crippen LogP contribution is -2.28. The van der Waals surface area contributed by atoms with Gasteiger partial charge in [0, 0.05) is 30.2 Å². The average Bonchev–Trinajstić information content (AvgIpc) is 3.35. The number of rotatable bonds is 9. The predicted octanol–water partition coefficient (Wildman–Crippen LogP) is 3.74. The van der Waals surface area contributed by atoms with Gasteiger partial charge in [-0.3, -0.25) is 0 Å². The lowest BCUT2D eigenvalue weighted by atomic mass is 10.0. The molecule has 0 unspecified atom stereocenters. The Kier molecular flexibility index (Phi) is 7.07. The Morgan fingerprint density at radius 1 is 1.00 bits per heavy atom. The number of aromatic nitrogens is 1. The van der Waals surface area contributed by atoms with E-state index in [0.29, 0.717) is 0 Å². The van der Waals surface area contributed by atoms with Crippen molar-refractivity contribution in [2.75, 3.05) is 25.5 Å². The Labute approximate surface area is 184 Å². The maximum atomic E-state index is 10.7. The summed E-state index contributed by atoms with van der Waals surface area (Å²) in [7, 11) is 1.91. The van der Waals surface area contributed by atoms with Crippen LogP contribution in [0.2, 0.25) is 0 Å². The van der Waals surface area contributed by atoms with E-state index in [1.807, 2.05) is 31.4 Å². The summed E-state index contributed by atoms with van der Waals surface area (Å²) in [5.41, 5.74) is 3.50. The molecule has 1 aromatic heterocycles. The van der Waals surface area contributed by atoms with Gasteiger partial charge in [-0.25, -0.2) is 0 Å². The standard InChI is InChI=1S/C26H33N3O2/c1-27-22-11-7-12-23-21(22)14-17-29(23)24-18-20(25(30)26(24)31)10-5-6-15-28-16-13-19-8-3-2-4-9-19/h2-5,7-12,14,17,20,24-28,30-31H,6,13,15-16,18H2,1H3/b10-5+/t20-,24+,25+,26-/m0/s1. The lowest BCUT2D eigenvalue weighted by molar-refractivity contribution is 0.0138. The van der Waals surface area contributed by atoms with Gasteiger partial charge in [-0.05, 0) is 56.1 Å². The third-order valence-electron chi connectivity index (χ3n) is 6.39. The van der Waals surface area contributed by atoms with Gasteiger partial charge in [-0.2, -0.15) is 0 Å². The van der Waals surface area contributed by atoms with Crippen LogP contribution >= 0.6 is 0 Å². The van der Waals surface area contributed by atoms with E-state index in [9.17, 15) is 10.2 Å². The lowest BCUT2D eigenvalue weighted by Gasteiger charge is -2.19. The fourth-order valence-electron chi connectivity index (χ4n) is 4.66. The molecule has 0 amide bonds. The van der Waals surface area contributed by atoms with Crippen molar-refractivity contribution in [1.82, 2.24) is 9.88 Å². The summed E-state index contributed by atoms with van der Waals surface area (Å²) in [5.74, 6) is -0.0331. The minimum absolute atomic E-state index is 0.0331. The van der Waals surface area contributed by atoms with Gasteiger partial charge < -0.3 is 25.4 Å². The van der Waals surface area contributed by atoms with Gasteiger partial charge in [0.1, 0.15) is 6.10 Å². The normalized spacial score (nSPS) is 23.7. The number of fused-ring (bicyclic) bond motifs is 1. The van der Waals surface area contributed by atoms with E-state index in [2.05, 4.69) is 63.8 Å². The van der Waals surface area contributed by atoms with E-state index < -0.39 is 12.2 Å². The molecule has 0 aliphatic heterocycles. The molecule has 5 heteroatoms. The molecule has 0 radical (unpaired) electrons. The van der Waals surface area contributed by atoms with Crippen LogP contribution in [0.15, 0.2) is 72.9 Å². The van der Waals surface area contributed by atoms with Crippen LogP contribution in [0.4, 0.5) is 5.69 Å². The molecule has 1 saturated carbocycles. The molecule has 1 heterocycles. The maximum Gasteiger partial charge on any atom is 0.101 e. The van der Waals surface area contributed by atoms with Crippen molar-refractivity contribution in [3.05, 3.63) is 78.5 Å². The highest BCUT2D eigenvalue weighted by molar-refractivity contribution is 5.92. The SMILES string of the molecule is CNc1cccc2c1ccn2[C@@H]1C[C@H](/C=C/CCNCCc2ccccc2)[C@@H](O)[C@H]1O. The molecule has 0 saturated heterocycles. The van der Waals surface area contributed by atoms with Crippen molar-refractivity contribution in [2.45, 2.75) is 37.5 Å². The second kappa shape index (κ2) is 10.1. The summed E-state index contributed by atoms with van der Waals surface area (Å²) in [6.45, 7) is 1.87. The monoisotopic (exact) mass is 419 g/mol. The van der Waals surface area contributed by atoms with Crippen LogP contribution in [0.3, 0.4) is 0 Å². The van der Waals surface area contributed by atoms with Crippen molar-refractivity contribution in [3.63, 3.8) is 0 Å². The molecule has 0 bridgehead atoms. The van der Waals surface area contributed by atoms with Gasteiger partial charge in [0.05, 0.1) is 17.7 Å². The molecular formula is C26H33N3O2. The number of nitrogens with one attached hydrogen (secondary N) is 2. The topological polar surface area (TPSA) is 69.5 Å². The zero-order chi connectivity index (χ0) is 21.6. The molecule has 3 aromatic rings. The Balaban J connectivity index is 1.30. The van der Waals surface area contributed by atoms with Gasteiger partial charge in [0.15, 0.2) is 0 Å². The van der Waals surface area contributed by atoms with Gasteiger partial charge in [-0.15, -0.1) is 0 Å². The summed E-state index contributed by atoms with van der Waals surface area (Å²) in [4.78, 5) is 0. The molecule has 1 fully saturated rings. The minimum Gasteiger partial charge on any atom is -0.390 e. The van der Waals surface area contributed by atoms with Gasteiger partial charge in [0.25, 0.3) is 0 Å². The molecule has 4 rings (SSSR count). The molecular weight excluding hydrogens is 386 g/mol. The highest BCUT2D eigenvalue weighted by Gasteiger charge is 2.41. The van der Waals surface area contributed by atoms with Crippen LogP contribution in [-0.4, -0.2) is 47.1 Å². The molecule has 0 spiro atoms.